The normalized spacial score (nSPS) is 25.6. The van der Waals surface area contributed by atoms with Gasteiger partial charge in [-0.1, -0.05) is 25.1 Å². The molecule has 2 aliphatic rings. The van der Waals surface area contributed by atoms with Gasteiger partial charge < -0.3 is 4.57 Å². The molecule has 98 valence electrons. The highest BCUT2D eigenvalue weighted by Gasteiger charge is 2.36. The third-order valence-electron chi connectivity index (χ3n) is 4.15. The molecule has 2 aliphatic heterocycles. The summed E-state index contributed by atoms with van der Waals surface area (Å²) in [6.45, 7) is 6.80. The van der Waals surface area contributed by atoms with Crippen LogP contribution in [-0.2, 0) is 6.54 Å². The maximum absolute atomic E-state index is 2.62. The maximum Gasteiger partial charge on any atom is 0.0976 e. The average molecular weight is 270 g/mol. The van der Waals surface area contributed by atoms with Crippen molar-refractivity contribution in [2.45, 2.75) is 31.0 Å². The SMILES string of the molecule is Cc1ccc2n1-c1ccccc1CN1C[C@H](C)S[C@@H]21. The van der Waals surface area contributed by atoms with Crippen molar-refractivity contribution in [1.82, 2.24) is 9.47 Å². The van der Waals surface area contributed by atoms with E-state index < -0.39 is 0 Å². The van der Waals surface area contributed by atoms with Gasteiger partial charge in [0.15, 0.2) is 0 Å². The van der Waals surface area contributed by atoms with Crippen LogP contribution in [0.3, 0.4) is 0 Å². The summed E-state index contributed by atoms with van der Waals surface area (Å²) in [5.41, 5.74) is 5.59. The van der Waals surface area contributed by atoms with E-state index in [1.54, 1.807) is 0 Å². The van der Waals surface area contributed by atoms with E-state index in [1.807, 2.05) is 0 Å². The van der Waals surface area contributed by atoms with Crippen LogP contribution in [0.5, 0.6) is 0 Å². The van der Waals surface area contributed by atoms with Gasteiger partial charge in [-0.3, -0.25) is 4.90 Å². The Morgan fingerprint density at radius 3 is 2.89 bits per heavy atom. The van der Waals surface area contributed by atoms with Crippen LogP contribution in [-0.4, -0.2) is 21.3 Å². The van der Waals surface area contributed by atoms with Gasteiger partial charge in [-0.15, -0.1) is 11.8 Å². The lowest BCUT2D eigenvalue weighted by Crippen LogP contribution is -2.22. The zero-order valence-corrected chi connectivity index (χ0v) is 12.2. The number of hydrogen-bond acceptors (Lipinski definition) is 2. The Hall–Kier alpha value is -1.19. The molecule has 1 aromatic heterocycles. The van der Waals surface area contributed by atoms with E-state index >= 15 is 0 Å². The molecule has 2 aromatic rings. The summed E-state index contributed by atoms with van der Waals surface area (Å²) in [6, 6.07) is 13.4. The Morgan fingerprint density at radius 2 is 2.00 bits per heavy atom. The van der Waals surface area contributed by atoms with Crippen LogP contribution in [0.15, 0.2) is 36.4 Å². The number of fused-ring (bicyclic) bond motifs is 5. The smallest absolute Gasteiger partial charge is 0.0976 e. The van der Waals surface area contributed by atoms with Crippen LogP contribution in [0.2, 0.25) is 0 Å². The fourth-order valence-electron chi connectivity index (χ4n) is 3.34. The second-order valence-electron chi connectivity index (χ2n) is 5.59. The molecule has 1 aromatic carbocycles. The minimum absolute atomic E-state index is 0.510. The lowest BCUT2D eigenvalue weighted by molar-refractivity contribution is 0.273. The van der Waals surface area contributed by atoms with Crippen molar-refractivity contribution < 1.29 is 0 Å². The molecule has 0 spiro atoms. The van der Waals surface area contributed by atoms with Crippen LogP contribution >= 0.6 is 11.8 Å². The predicted molar refractivity (Wildman–Crippen MR) is 80.7 cm³/mol. The number of aromatic nitrogens is 1. The van der Waals surface area contributed by atoms with E-state index in [9.17, 15) is 0 Å². The Kier molecular flexibility index (Phi) is 2.54. The van der Waals surface area contributed by atoms with E-state index in [2.05, 4.69) is 71.5 Å². The van der Waals surface area contributed by atoms with Gasteiger partial charge in [-0.2, -0.15) is 0 Å². The largest absolute Gasteiger partial charge is 0.315 e. The highest BCUT2D eigenvalue weighted by atomic mass is 32.2. The maximum atomic E-state index is 2.62. The van der Waals surface area contributed by atoms with Crippen molar-refractivity contribution >= 4 is 11.8 Å². The van der Waals surface area contributed by atoms with Crippen LogP contribution in [0, 0.1) is 6.92 Å². The third-order valence-corrected chi connectivity index (χ3v) is 5.56. The molecule has 0 unspecified atom stereocenters. The first kappa shape index (κ1) is 11.6. The molecule has 2 nitrogen and oxygen atoms in total. The molecule has 3 heterocycles. The zero-order valence-electron chi connectivity index (χ0n) is 11.3. The van der Waals surface area contributed by atoms with E-state index in [0.29, 0.717) is 5.37 Å². The number of nitrogens with zero attached hydrogens (tertiary/aromatic N) is 2. The van der Waals surface area contributed by atoms with E-state index in [4.69, 9.17) is 0 Å². The number of rotatable bonds is 0. The summed E-state index contributed by atoms with van der Waals surface area (Å²) < 4.78 is 2.45. The van der Waals surface area contributed by atoms with Gasteiger partial charge >= 0.3 is 0 Å². The summed E-state index contributed by atoms with van der Waals surface area (Å²) >= 11 is 2.09. The van der Waals surface area contributed by atoms with Gasteiger partial charge in [0.05, 0.1) is 16.8 Å². The zero-order chi connectivity index (χ0) is 13.0. The number of hydrogen-bond donors (Lipinski definition) is 0. The Balaban J connectivity index is 1.96. The summed E-state index contributed by atoms with van der Waals surface area (Å²) in [5, 5.41) is 1.23. The van der Waals surface area contributed by atoms with Crippen molar-refractivity contribution in [3.8, 4) is 5.69 Å². The van der Waals surface area contributed by atoms with E-state index in [0.717, 1.165) is 11.8 Å². The van der Waals surface area contributed by atoms with Crippen molar-refractivity contribution in [2.75, 3.05) is 6.54 Å². The summed E-state index contributed by atoms with van der Waals surface area (Å²) in [6.07, 6.45) is 0. The number of aryl methyl sites for hydroxylation is 1. The second-order valence-corrected chi connectivity index (χ2v) is 7.12. The Morgan fingerprint density at radius 1 is 1.16 bits per heavy atom. The summed E-state index contributed by atoms with van der Waals surface area (Å²) in [5.74, 6) is 0. The highest BCUT2D eigenvalue weighted by Crippen LogP contribution is 2.46. The molecule has 0 bridgehead atoms. The minimum atomic E-state index is 0.510. The number of para-hydroxylation sites is 1. The molecule has 2 atom stereocenters. The first-order valence-corrected chi connectivity index (χ1v) is 7.84. The highest BCUT2D eigenvalue weighted by molar-refractivity contribution is 8.00. The first-order chi connectivity index (χ1) is 9.24. The van der Waals surface area contributed by atoms with Crippen molar-refractivity contribution in [3.05, 3.63) is 53.3 Å². The lowest BCUT2D eigenvalue weighted by Gasteiger charge is -2.20. The van der Waals surface area contributed by atoms with Gasteiger partial charge in [0.1, 0.15) is 0 Å². The molecule has 3 heteroatoms. The Labute approximate surface area is 118 Å². The first-order valence-electron chi connectivity index (χ1n) is 6.90. The molecule has 1 fully saturated rings. The topological polar surface area (TPSA) is 8.17 Å². The van der Waals surface area contributed by atoms with E-state index in [1.165, 1.54) is 29.2 Å². The fraction of sp³-hybridized carbons (Fsp3) is 0.375. The quantitative estimate of drug-likeness (QED) is 0.720. The molecule has 0 saturated carbocycles. The van der Waals surface area contributed by atoms with Crippen molar-refractivity contribution in [1.29, 1.82) is 0 Å². The van der Waals surface area contributed by atoms with Gasteiger partial charge in [0.2, 0.25) is 0 Å². The molecule has 0 amide bonds. The molecule has 0 N–H and O–H groups in total. The van der Waals surface area contributed by atoms with Gasteiger partial charge in [0, 0.05) is 24.0 Å². The van der Waals surface area contributed by atoms with Crippen LogP contribution in [0.1, 0.15) is 29.2 Å². The molecule has 0 radical (unpaired) electrons. The monoisotopic (exact) mass is 270 g/mol. The average Bonchev–Trinajstić information content (AvgIpc) is 2.90. The molecule has 1 saturated heterocycles. The van der Waals surface area contributed by atoms with Gasteiger partial charge in [-0.05, 0) is 30.7 Å². The van der Waals surface area contributed by atoms with Crippen LogP contribution in [0.4, 0.5) is 0 Å². The molecule has 4 rings (SSSR count). The van der Waals surface area contributed by atoms with Crippen molar-refractivity contribution in [3.63, 3.8) is 0 Å². The summed E-state index contributed by atoms with van der Waals surface area (Å²) in [4.78, 5) is 2.62. The molecular weight excluding hydrogens is 252 g/mol. The third kappa shape index (κ3) is 1.68. The van der Waals surface area contributed by atoms with Crippen LogP contribution < -0.4 is 0 Å². The molecule has 19 heavy (non-hydrogen) atoms. The fourth-order valence-corrected chi connectivity index (χ4v) is 4.72. The summed E-state index contributed by atoms with van der Waals surface area (Å²) in [7, 11) is 0. The number of thioether (sulfide) groups is 1. The van der Waals surface area contributed by atoms with Crippen LogP contribution in [0.25, 0.3) is 5.69 Å². The van der Waals surface area contributed by atoms with E-state index in [-0.39, 0.29) is 0 Å². The lowest BCUT2D eigenvalue weighted by atomic mass is 10.1. The Bertz CT molecular complexity index is 631. The molecule has 0 aliphatic carbocycles. The standard InChI is InChI=1S/C16H18N2S/c1-11-7-8-15-16-17(9-12(2)19-16)10-13-5-3-4-6-14(13)18(11)15/h3-8,12,16H,9-10H2,1-2H3/t12-,16-/m0/s1. The predicted octanol–water partition coefficient (Wildman–Crippen LogP) is 3.74. The number of benzene rings is 1. The molecular formula is C16H18N2S. The van der Waals surface area contributed by atoms with Crippen molar-refractivity contribution in [2.24, 2.45) is 0 Å². The van der Waals surface area contributed by atoms with Gasteiger partial charge in [0.25, 0.3) is 0 Å². The van der Waals surface area contributed by atoms with Gasteiger partial charge in [-0.25, -0.2) is 0 Å². The minimum Gasteiger partial charge on any atom is -0.315 e. The second kappa shape index (κ2) is 4.15.